The summed E-state index contributed by atoms with van der Waals surface area (Å²) in [6, 6.07) is 8.57. The van der Waals surface area contributed by atoms with Crippen LogP contribution in [0.5, 0.6) is 0 Å². The summed E-state index contributed by atoms with van der Waals surface area (Å²) in [6.07, 6.45) is 0. The summed E-state index contributed by atoms with van der Waals surface area (Å²) in [5, 5.41) is 0.738. The molecule has 3 nitrogen and oxygen atoms in total. The number of carbonyl (C=O) groups excluding carboxylic acids is 1. The second kappa shape index (κ2) is 2.61. The van der Waals surface area contributed by atoms with Crippen molar-refractivity contribution in [1.82, 2.24) is 0 Å². The Morgan fingerprint density at radius 1 is 1.47 bits per heavy atom. The lowest BCUT2D eigenvalue weighted by Crippen LogP contribution is -2.29. The molecule has 0 radical (unpaired) electrons. The maximum atomic E-state index is 11.5. The van der Waals surface area contributed by atoms with E-state index in [0.717, 1.165) is 10.7 Å². The molecule has 2 bridgehead atoms. The van der Waals surface area contributed by atoms with Gasteiger partial charge in [0.2, 0.25) is 5.91 Å². The highest BCUT2D eigenvalue weighted by Gasteiger charge is 2.97. The van der Waals surface area contributed by atoms with Crippen LogP contribution in [0, 0.1) is 17.3 Å². The number of carbonyl (C=O) groups is 1. The zero-order chi connectivity index (χ0) is 11.9. The lowest BCUT2D eigenvalue weighted by Gasteiger charge is -2.23. The van der Waals surface area contributed by atoms with Crippen LogP contribution in [-0.2, 0) is 4.79 Å². The summed E-state index contributed by atoms with van der Waals surface area (Å²) < 4.78 is 0. The minimum Gasteiger partial charge on any atom is -0.369 e. The van der Waals surface area contributed by atoms with Gasteiger partial charge in [-0.2, -0.15) is 0 Å². The van der Waals surface area contributed by atoms with E-state index in [9.17, 15) is 4.79 Å². The summed E-state index contributed by atoms with van der Waals surface area (Å²) in [5.41, 5.74) is 6.46. The van der Waals surface area contributed by atoms with Crippen molar-refractivity contribution in [3.8, 4) is 0 Å². The fourth-order valence-corrected chi connectivity index (χ4v) is 4.37. The van der Waals surface area contributed by atoms with Crippen LogP contribution in [0.4, 0.5) is 5.69 Å². The third-order valence-electron chi connectivity index (χ3n) is 4.89. The highest BCUT2D eigenvalue weighted by atomic mass is 35.5. The third kappa shape index (κ3) is 0.867. The maximum Gasteiger partial charge on any atom is 0.226 e. The Morgan fingerprint density at radius 2 is 2.24 bits per heavy atom. The molecule has 2 saturated heterocycles. The Bertz CT molecular complexity index is 546. The Balaban J connectivity index is 1.73. The van der Waals surface area contributed by atoms with Crippen molar-refractivity contribution < 1.29 is 4.79 Å². The number of nitrogens with two attached hydrogens (primary N) is 1. The van der Waals surface area contributed by atoms with Crippen molar-refractivity contribution in [1.29, 1.82) is 0 Å². The quantitative estimate of drug-likeness (QED) is 0.865. The van der Waals surface area contributed by atoms with E-state index in [4.69, 9.17) is 17.3 Å². The first-order valence-corrected chi connectivity index (χ1v) is 6.31. The average molecular weight is 249 g/mol. The molecule has 4 fully saturated rings. The molecule has 1 aromatic rings. The van der Waals surface area contributed by atoms with Gasteiger partial charge < -0.3 is 10.6 Å². The van der Waals surface area contributed by atoms with Gasteiger partial charge in [-0.25, -0.2) is 0 Å². The molecule has 2 saturated carbocycles. The van der Waals surface area contributed by atoms with Crippen LogP contribution in [-0.4, -0.2) is 18.0 Å². The zero-order valence-corrected chi connectivity index (χ0v) is 10.2. The number of fused-ring (bicyclic) bond motifs is 1. The van der Waals surface area contributed by atoms with Gasteiger partial charge in [0.05, 0.1) is 5.41 Å². The van der Waals surface area contributed by atoms with E-state index in [1.807, 2.05) is 18.2 Å². The molecule has 2 aliphatic heterocycles. The van der Waals surface area contributed by atoms with Crippen LogP contribution >= 0.6 is 11.6 Å². The van der Waals surface area contributed by atoms with Crippen molar-refractivity contribution in [3.63, 3.8) is 0 Å². The molecule has 2 heterocycles. The zero-order valence-electron chi connectivity index (χ0n) is 9.43. The van der Waals surface area contributed by atoms with E-state index in [1.165, 1.54) is 0 Å². The number of piperidine rings is 1. The fourth-order valence-electron chi connectivity index (χ4n) is 4.19. The van der Waals surface area contributed by atoms with Crippen molar-refractivity contribution in [2.75, 3.05) is 4.90 Å². The number of halogens is 1. The Labute approximate surface area is 105 Å². The molecular formula is C13H13ClN2O. The van der Waals surface area contributed by atoms with Gasteiger partial charge in [-0.3, -0.25) is 4.79 Å². The van der Waals surface area contributed by atoms with Crippen LogP contribution in [0.3, 0.4) is 0 Å². The number of primary amides is 1. The number of anilines is 1. The number of hydrogen-bond donors (Lipinski definition) is 1. The topological polar surface area (TPSA) is 46.3 Å². The highest BCUT2D eigenvalue weighted by Crippen LogP contribution is 2.87. The van der Waals surface area contributed by atoms with Gasteiger partial charge in [-0.1, -0.05) is 17.7 Å². The van der Waals surface area contributed by atoms with Crippen molar-refractivity contribution in [2.45, 2.75) is 19.0 Å². The first kappa shape index (κ1) is 9.77. The SMILES string of the molecule is CC1[C@@H]2[C@@H]3C(N1c1cccc(Cl)c1)[C@@]23C(N)=O. The Hall–Kier alpha value is -1.22. The molecule has 0 aromatic heterocycles. The van der Waals surface area contributed by atoms with E-state index in [2.05, 4.69) is 17.9 Å². The standard InChI is InChI=1S/C13H13ClN2O/c1-6-9-10-11(13(9,10)12(15)17)16(6)8-4-2-3-7(14)5-8/h2-6,9-11H,1H3,(H2,15,17)/t6?,9-,10-,11?,13-/m1/s1. The minimum absolute atomic E-state index is 0.117. The van der Waals surface area contributed by atoms with E-state index in [-0.39, 0.29) is 11.3 Å². The maximum absolute atomic E-state index is 11.5. The molecule has 4 heteroatoms. The molecule has 2 aliphatic carbocycles. The van der Waals surface area contributed by atoms with Gasteiger partial charge in [0.15, 0.2) is 0 Å². The summed E-state index contributed by atoms with van der Waals surface area (Å²) in [4.78, 5) is 13.9. The molecule has 17 heavy (non-hydrogen) atoms. The molecular weight excluding hydrogens is 236 g/mol. The third-order valence-corrected chi connectivity index (χ3v) is 5.13. The minimum atomic E-state index is -0.193. The van der Waals surface area contributed by atoms with E-state index in [0.29, 0.717) is 23.9 Å². The van der Waals surface area contributed by atoms with Gasteiger partial charge in [0, 0.05) is 34.6 Å². The number of amides is 1. The van der Waals surface area contributed by atoms with Gasteiger partial charge in [0.25, 0.3) is 0 Å². The molecule has 0 spiro atoms. The van der Waals surface area contributed by atoms with Crippen LogP contribution in [0.2, 0.25) is 5.02 Å². The Kier molecular flexibility index (Phi) is 1.50. The van der Waals surface area contributed by atoms with Crippen molar-refractivity contribution >= 4 is 23.2 Å². The summed E-state index contributed by atoms with van der Waals surface area (Å²) in [5.74, 6) is 0.867. The monoisotopic (exact) mass is 248 g/mol. The number of rotatable bonds is 2. The van der Waals surface area contributed by atoms with Crippen molar-refractivity contribution in [2.24, 2.45) is 23.0 Å². The lowest BCUT2D eigenvalue weighted by molar-refractivity contribution is -0.121. The summed E-state index contributed by atoms with van der Waals surface area (Å²) in [6.45, 7) is 2.18. The highest BCUT2D eigenvalue weighted by molar-refractivity contribution is 6.30. The van der Waals surface area contributed by atoms with Crippen molar-refractivity contribution in [3.05, 3.63) is 29.3 Å². The first-order valence-electron chi connectivity index (χ1n) is 5.94. The Morgan fingerprint density at radius 3 is 2.76 bits per heavy atom. The molecule has 2 unspecified atom stereocenters. The van der Waals surface area contributed by atoms with E-state index >= 15 is 0 Å². The lowest BCUT2D eigenvalue weighted by atomic mass is 10.0. The van der Waals surface area contributed by atoms with Gasteiger partial charge in [0.1, 0.15) is 0 Å². The molecule has 2 N–H and O–H groups in total. The summed E-state index contributed by atoms with van der Waals surface area (Å²) >= 11 is 6.02. The van der Waals surface area contributed by atoms with Gasteiger partial charge in [-0.15, -0.1) is 0 Å². The predicted molar refractivity (Wildman–Crippen MR) is 65.8 cm³/mol. The fraction of sp³-hybridized carbons (Fsp3) is 0.462. The number of hydrogen-bond acceptors (Lipinski definition) is 2. The first-order chi connectivity index (χ1) is 8.10. The second-order valence-electron chi connectivity index (χ2n) is 5.42. The van der Waals surface area contributed by atoms with Gasteiger partial charge >= 0.3 is 0 Å². The normalized spacial score (nSPS) is 44.5. The van der Waals surface area contributed by atoms with E-state index in [1.54, 1.807) is 0 Å². The molecule has 1 amide bonds. The molecule has 88 valence electrons. The van der Waals surface area contributed by atoms with Crippen LogP contribution in [0.25, 0.3) is 0 Å². The van der Waals surface area contributed by atoms with E-state index < -0.39 is 0 Å². The summed E-state index contributed by atoms with van der Waals surface area (Å²) in [7, 11) is 0. The molecule has 1 aromatic carbocycles. The van der Waals surface area contributed by atoms with Gasteiger partial charge in [-0.05, 0) is 25.1 Å². The molecule has 5 rings (SSSR count). The average Bonchev–Trinajstić information content (AvgIpc) is 3.06. The second-order valence-corrected chi connectivity index (χ2v) is 5.86. The van der Waals surface area contributed by atoms with Crippen LogP contribution in [0.15, 0.2) is 24.3 Å². The molecule has 5 atom stereocenters. The smallest absolute Gasteiger partial charge is 0.226 e. The number of nitrogens with zero attached hydrogens (tertiary/aromatic N) is 1. The van der Waals surface area contributed by atoms with Crippen LogP contribution < -0.4 is 10.6 Å². The predicted octanol–water partition coefficient (Wildman–Crippen LogP) is 1.65. The number of benzene rings is 1. The largest absolute Gasteiger partial charge is 0.369 e. The molecule has 4 aliphatic rings. The van der Waals surface area contributed by atoms with Crippen LogP contribution in [0.1, 0.15) is 6.92 Å².